The van der Waals surface area contributed by atoms with Gasteiger partial charge in [-0.15, -0.1) is 24.0 Å². The first kappa shape index (κ1) is 23.1. The Hall–Kier alpha value is -0.890. The zero-order valence-corrected chi connectivity index (χ0v) is 18.7. The summed E-state index contributed by atoms with van der Waals surface area (Å²) in [6.45, 7) is 9.43. The quantitative estimate of drug-likeness (QED) is 0.234. The molecule has 0 bridgehead atoms. The molecule has 0 radical (unpaired) electrons. The van der Waals surface area contributed by atoms with Crippen LogP contribution in [0.2, 0.25) is 0 Å². The van der Waals surface area contributed by atoms with E-state index < -0.39 is 0 Å². The Morgan fingerprint density at radius 1 is 1.15 bits per heavy atom. The molecule has 0 unspecified atom stereocenters. The van der Waals surface area contributed by atoms with Crippen LogP contribution in [0.5, 0.6) is 0 Å². The number of nitrogens with one attached hydrogen (secondary N) is 2. The molecule has 1 fully saturated rings. The van der Waals surface area contributed by atoms with Gasteiger partial charge in [-0.05, 0) is 56.9 Å². The van der Waals surface area contributed by atoms with E-state index in [2.05, 4.69) is 34.4 Å². The standard InChI is InChI=1S/C20H33FN4.HI/c1-4-25(5-2)15-9-8-14-23-19(22-3)24-16-20(12-13-20)17-10-6-7-11-18(17)21;/h6-7,10-11H,4-5,8-9,12-16H2,1-3H3,(H2,22,23,24);1H. The van der Waals surface area contributed by atoms with Crippen LogP contribution in [0.1, 0.15) is 45.1 Å². The van der Waals surface area contributed by atoms with Crippen LogP contribution in [0.25, 0.3) is 0 Å². The van der Waals surface area contributed by atoms with Gasteiger partial charge in [-0.2, -0.15) is 0 Å². The summed E-state index contributed by atoms with van der Waals surface area (Å²) in [5.74, 6) is 0.714. The molecule has 2 N–H and O–H groups in total. The molecule has 148 valence electrons. The molecule has 0 aliphatic heterocycles. The average molecular weight is 476 g/mol. The average Bonchev–Trinajstić information content (AvgIpc) is 3.42. The van der Waals surface area contributed by atoms with Gasteiger partial charge in [-0.1, -0.05) is 32.0 Å². The Bertz CT molecular complexity index is 556. The summed E-state index contributed by atoms with van der Waals surface area (Å²) in [4.78, 5) is 6.73. The van der Waals surface area contributed by atoms with E-state index in [-0.39, 0.29) is 35.2 Å². The highest BCUT2D eigenvalue weighted by atomic mass is 127. The molecule has 1 saturated carbocycles. The lowest BCUT2D eigenvalue weighted by molar-refractivity contribution is 0.297. The van der Waals surface area contributed by atoms with E-state index >= 15 is 0 Å². The second-order valence-corrected chi connectivity index (χ2v) is 6.85. The predicted molar refractivity (Wildman–Crippen MR) is 119 cm³/mol. The Kier molecular flexibility index (Phi) is 10.5. The summed E-state index contributed by atoms with van der Waals surface area (Å²) in [6, 6.07) is 7.13. The number of benzene rings is 1. The van der Waals surface area contributed by atoms with Gasteiger partial charge in [0.15, 0.2) is 5.96 Å². The minimum absolute atomic E-state index is 0. The molecular weight excluding hydrogens is 442 g/mol. The van der Waals surface area contributed by atoms with Gasteiger partial charge < -0.3 is 15.5 Å². The molecule has 0 aromatic heterocycles. The Morgan fingerprint density at radius 2 is 1.85 bits per heavy atom. The van der Waals surface area contributed by atoms with E-state index in [1.54, 1.807) is 19.2 Å². The maximum atomic E-state index is 14.1. The number of hydrogen-bond acceptors (Lipinski definition) is 2. The molecule has 1 aliphatic rings. The first-order valence-corrected chi connectivity index (χ1v) is 9.57. The van der Waals surface area contributed by atoms with Crippen molar-refractivity contribution in [3.8, 4) is 0 Å². The van der Waals surface area contributed by atoms with Crippen molar-refractivity contribution >= 4 is 29.9 Å². The number of guanidine groups is 1. The number of nitrogens with zero attached hydrogens (tertiary/aromatic N) is 2. The van der Waals surface area contributed by atoms with Gasteiger partial charge in [0.2, 0.25) is 0 Å². The van der Waals surface area contributed by atoms with Crippen molar-refractivity contribution in [1.82, 2.24) is 15.5 Å². The smallest absolute Gasteiger partial charge is 0.191 e. The zero-order chi connectivity index (χ0) is 18.1. The topological polar surface area (TPSA) is 39.7 Å². The second kappa shape index (κ2) is 11.7. The van der Waals surface area contributed by atoms with E-state index in [1.807, 2.05) is 12.1 Å². The fourth-order valence-corrected chi connectivity index (χ4v) is 3.26. The van der Waals surface area contributed by atoms with Crippen molar-refractivity contribution in [2.75, 3.05) is 39.8 Å². The highest BCUT2D eigenvalue weighted by Crippen LogP contribution is 2.48. The maximum Gasteiger partial charge on any atom is 0.191 e. The van der Waals surface area contributed by atoms with E-state index in [9.17, 15) is 4.39 Å². The zero-order valence-electron chi connectivity index (χ0n) is 16.4. The summed E-state index contributed by atoms with van der Waals surface area (Å²) >= 11 is 0. The molecular formula is C20H34FIN4. The third-order valence-electron chi connectivity index (χ3n) is 5.20. The Morgan fingerprint density at radius 3 is 2.42 bits per heavy atom. The first-order valence-electron chi connectivity index (χ1n) is 9.57. The van der Waals surface area contributed by atoms with Crippen molar-refractivity contribution in [2.45, 2.75) is 44.9 Å². The van der Waals surface area contributed by atoms with Crippen LogP contribution in [-0.4, -0.2) is 50.6 Å². The fraction of sp³-hybridized carbons (Fsp3) is 0.650. The van der Waals surface area contributed by atoms with Crippen molar-refractivity contribution in [1.29, 1.82) is 0 Å². The van der Waals surface area contributed by atoms with E-state index in [0.717, 1.165) is 63.5 Å². The molecule has 6 heteroatoms. The van der Waals surface area contributed by atoms with Gasteiger partial charge in [0.05, 0.1) is 0 Å². The number of unbranched alkanes of at least 4 members (excludes halogenated alkanes) is 1. The molecule has 0 saturated heterocycles. The monoisotopic (exact) mass is 476 g/mol. The van der Waals surface area contributed by atoms with Crippen LogP contribution in [0.15, 0.2) is 29.3 Å². The van der Waals surface area contributed by atoms with E-state index in [1.165, 1.54) is 6.42 Å². The molecule has 4 nitrogen and oxygen atoms in total. The minimum atomic E-state index is -0.0962. The van der Waals surface area contributed by atoms with E-state index in [4.69, 9.17) is 0 Å². The van der Waals surface area contributed by atoms with Gasteiger partial charge in [-0.3, -0.25) is 4.99 Å². The van der Waals surface area contributed by atoms with Gasteiger partial charge in [0.1, 0.15) is 5.82 Å². The lowest BCUT2D eigenvalue weighted by Crippen LogP contribution is -2.41. The molecule has 2 rings (SSSR count). The van der Waals surface area contributed by atoms with Gasteiger partial charge in [0, 0.05) is 25.6 Å². The van der Waals surface area contributed by atoms with Crippen LogP contribution in [-0.2, 0) is 5.41 Å². The summed E-state index contributed by atoms with van der Waals surface area (Å²) in [7, 11) is 1.79. The highest BCUT2D eigenvalue weighted by molar-refractivity contribution is 14.0. The normalized spacial score (nSPS) is 15.5. The highest BCUT2D eigenvalue weighted by Gasteiger charge is 2.45. The Labute approximate surface area is 175 Å². The van der Waals surface area contributed by atoms with Gasteiger partial charge >= 0.3 is 0 Å². The van der Waals surface area contributed by atoms with Gasteiger partial charge in [0.25, 0.3) is 0 Å². The summed E-state index contributed by atoms with van der Waals surface area (Å²) in [5, 5.41) is 6.75. The molecule has 0 spiro atoms. The van der Waals surface area contributed by atoms with Crippen LogP contribution in [0.3, 0.4) is 0 Å². The fourth-order valence-electron chi connectivity index (χ4n) is 3.26. The van der Waals surface area contributed by atoms with Crippen molar-refractivity contribution in [3.05, 3.63) is 35.6 Å². The molecule has 1 aliphatic carbocycles. The third kappa shape index (κ3) is 6.68. The summed E-state index contributed by atoms with van der Waals surface area (Å²) in [5.41, 5.74) is 0.767. The molecule has 1 aromatic carbocycles. The Balaban J connectivity index is 0.00000338. The number of hydrogen-bond donors (Lipinski definition) is 2. The van der Waals surface area contributed by atoms with Crippen molar-refractivity contribution in [2.24, 2.45) is 4.99 Å². The lowest BCUT2D eigenvalue weighted by atomic mass is 9.95. The van der Waals surface area contributed by atoms with Crippen LogP contribution in [0.4, 0.5) is 4.39 Å². The van der Waals surface area contributed by atoms with Crippen molar-refractivity contribution < 1.29 is 4.39 Å². The number of halogens is 2. The molecule has 26 heavy (non-hydrogen) atoms. The molecule has 1 aromatic rings. The van der Waals surface area contributed by atoms with E-state index in [0.29, 0.717) is 0 Å². The summed E-state index contributed by atoms with van der Waals surface area (Å²) < 4.78 is 14.1. The van der Waals surface area contributed by atoms with Crippen molar-refractivity contribution in [3.63, 3.8) is 0 Å². The predicted octanol–water partition coefficient (Wildman–Crippen LogP) is 3.76. The molecule has 0 amide bonds. The third-order valence-corrected chi connectivity index (χ3v) is 5.20. The molecule has 0 atom stereocenters. The van der Waals surface area contributed by atoms with Crippen LogP contribution >= 0.6 is 24.0 Å². The lowest BCUT2D eigenvalue weighted by Gasteiger charge is -2.20. The SMILES string of the molecule is CCN(CC)CCCCNC(=NC)NCC1(c2ccccc2F)CC1.I. The summed E-state index contributed by atoms with van der Waals surface area (Å²) in [6.07, 6.45) is 4.37. The van der Waals surface area contributed by atoms with Gasteiger partial charge in [-0.25, -0.2) is 4.39 Å². The first-order chi connectivity index (χ1) is 12.1. The second-order valence-electron chi connectivity index (χ2n) is 6.85. The number of aliphatic imine (C=N–C) groups is 1. The van der Waals surface area contributed by atoms with Crippen LogP contribution < -0.4 is 10.6 Å². The van der Waals surface area contributed by atoms with Crippen LogP contribution in [0, 0.1) is 5.82 Å². The molecule has 0 heterocycles. The largest absolute Gasteiger partial charge is 0.356 e. The maximum absolute atomic E-state index is 14.1. The minimum Gasteiger partial charge on any atom is -0.356 e. The number of rotatable bonds is 10.